The maximum atomic E-state index is 13.1. The number of carbonyl (C=O) groups is 2. The third-order valence-electron chi connectivity index (χ3n) is 5.64. The third kappa shape index (κ3) is 3.29. The van der Waals surface area contributed by atoms with Crippen LogP contribution in [-0.4, -0.2) is 53.3 Å². The fourth-order valence-electron chi connectivity index (χ4n) is 4.32. The van der Waals surface area contributed by atoms with Crippen molar-refractivity contribution in [1.82, 2.24) is 14.8 Å². The monoisotopic (exact) mass is 369 g/mol. The average molecular weight is 369 g/mol. The van der Waals surface area contributed by atoms with Crippen LogP contribution < -0.4 is 4.74 Å². The van der Waals surface area contributed by atoms with E-state index in [4.69, 9.17) is 4.74 Å². The Balaban J connectivity index is 1.52. The molecular formula is C21H27N3O3. The van der Waals surface area contributed by atoms with Gasteiger partial charge in [-0.15, -0.1) is 0 Å². The van der Waals surface area contributed by atoms with Crippen molar-refractivity contribution in [3.05, 3.63) is 29.5 Å². The van der Waals surface area contributed by atoms with E-state index in [1.54, 1.807) is 7.11 Å². The summed E-state index contributed by atoms with van der Waals surface area (Å²) in [6, 6.07) is 6.00. The van der Waals surface area contributed by atoms with E-state index in [1.165, 1.54) is 11.3 Å². The van der Waals surface area contributed by atoms with Gasteiger partial charge in [0.1, 0.15) is 5.75 Å². The molecule has 1 aromatic carbocycles. The molecule has 1 unspecified atom stereocenters. The lowest BCUT2D eigenvalue weighted by molar-refractivity contribution is -0.136. The van der Waals surface area contributed by atoms with Crippen LogP contribution in [0.4, 0.5) is 0 Å². The molecule has 0 aliphatic carbocycles. The Hall–Kier alpha value is -2.50. The molecule has 6 nitrogen and oxygen atoms in total. The highest BCUT2D eigenvalue weighted by Crippen LogP contribution is 2.32. The molecule has 6 heteroatoms. The third-order valence-corrected chi connectivity index (χ3v) is 5.64. The number of likely N-dealkylation sites (tertiary alicyclic amines) is 1. The van der Waals surface area contributed by atoms with E-state index >= 15 is 0 Å². The number of nitrogens with zero attached hydrogens (tertiary/aromatic N) is 2. The summed E-state index contributed by atoms with van der Waals surface area (Å²) in [5, 5.41) is 1.12. The van der Waals surface area contributed by atoms with Crippen LogP contribution in [0, 0.1) is 11.8 Å². The molecule has 2 aromatic rings. The van der Waals surface area contributed by atoms with Gasteiger partial charge in [-0.2, -0.15) is 0 Å². The highest BCUT2D eigenvalue weighted by molar-refractivity contribution is 5.91. The van der Waals surface area contributed by atoms with Crippen LogP contribution in [0.25, 0.3) is 10.9 Å². The van der Waals surface area contributed by atoms with Crippen LogP contribution in [0.1, 0.15) is 31.5 Å². The van der Waals surface area contributed by atoms with Crippen molar-refractivity contribution in [3.8, 4) is 5.75 Å². The maximum absolute atomic E-state index is 13.1. The molecule has 1 saturated heterocycles. The molecule has 0 saturated carbocycles. The summed E-state index contributed by atoms with van der Waals surface area (Å²) in [6.45, 7) is 6.77. The molecule has 4 rings (SSSR count). The number of aromatic nitrogens is 1. The summed E-state index contributed by atoms with van der Waals surface area (Å²) in [5.74, 6) is 1.24. The second-order valence-electron chi connectivity index (χ2n) is 8.10. The number of hydrogen-bond acceptors (Lipinski definition) is 3. The summed E-state index contributed by atoms with van der Waals surface area (Å²) < 4.78 is 5.36. The number of nitrogens with one attached hydrogen (secondary N) is 1. The van der Waals surface area contributed by atoms with E-state index < -0.39 is 0 Å². The second-order valence-corrected chi connectivity index (χ2v) is 8.10. The van der Waals surface area contributed by atoms with E-state index in [-0.39, 0.29) is 17.7 Å². The SMILES string of the molecule is COc1ccc2[nH]c3c(c2c1)CN(C(=O)C1CC(=O)N(CC(C)C)C1)CC3. The van der Waals surface area contributed by atoms with E-state index in [0.717, 1.165) is 29.6 Å². The molecule has 0 radical (unpaired) electrons. The molecule has 2 aliphatic rings. The van der Waals surface area contributed by atoms with Gasteiger partial charge >= 0.3 is 0 Å². The van der Waals surface area contributed by atoms with Crippen molar-refractivity contribution in [1.29, 1.82) is 0 Å². The normalized spacial score (nSPS) is 19.9. The number of benzene rings is 1. The van der Waals surface area contributed by atoms with E-state index in [2.05, 4.69) is 18.8 Å². The Morgan fingerprint density at radius 1 is 1.37 bits per heavy atom. The molecule has 2 aliphatic heterocycles. The van der Waals surface area contributed by atoms with E-state index in [9.17, 15) is 9.59 Å². The zero-order chi connectivity index (χ0) is 19.1. The first-order chi connectivity index (χ1) is 13.0. The lowest BCUT2D eigenvalue weighted by Crippen LogP contribution is -2.40. The van der Waals surface area contributed by atoms with Gasteiger partial charge in [0, 0.05) is 61.2 Å². The van der Waals surface area contributed by atoms with Crippen molar-refractivity contribution >= 4 is 22.7 Å². The van der Waals surface area contributed by atoms with Crippen molar-refractivity contribution in [3.63, 3.8) is 0 Å². The number of hydrogen-bond donors (Lipinski definition) is 1. The van der Waals surface area contributed by atoms with Crippen molar-refractivity contribution < 1.29 is 14.3 Å². The summed E-state index contributed by atoms with van der Waals surface area (Å²) >= 11 is 0. The molecule has 1 atom stereocenters. The minimum Gasteiger partial charge on any atom is -0.497 e. The fourth-order valence-corrected chi connectivity index (χ4v) is 4.32. The van der Waals surface area contributed by atoms with Gasteiger partial charge in [0.25, 0.3) is 0 Å². The standard InChI is InChI=1S/C21H27N3O3/c1-13(2)10-24-11-14(8-20(24)25)21(26)23-7-6-19-17(12-23)16-9-15(27-3)4-5-18(16)22-19/h4-5,9,13-14,22H,6-8,10-12H2,1-3H3. The van der Waals surface area contributed by atoms with E-state index in [0.29, 0.717) is 32.0 Å². The molecule has 0 bridgehead atoms. The predicted molar refractivity (Wildman–Crippen MR) is 103 cm³/mol. The number of fused-ring (bicyclic) bond motifs is 3. The number of methoxy groups -OCH3 is 1. The van der Waals surface area contributed by atoms with Gasteiger partial charge in [0.05, 0.1) is 13.0 Å². The number of rotatable bonds is 4. The molecule has 2 amide bonds. The summed E-state index contributed by atoms with van der Waals surface area (Å²) in [7, 11) is 1.66. The zero-order valence-electron chi connectivity index (χ0n) is 16.2. The lowest BCUT2D eigenvalue weighted by atomic mass is 10.0. The topological polar surface area (TPSA) is 65.6 Å². The highest BCUT2D eigenvalue weighted by atomic mass is 16.5. The summed E-state index contributed by atoms with van der Waals surface area (Å²) in [5.41, 5.74) is 3.45. The van der Waals surface area contributed by atoms with Gasteiger partial charge in [0.15, 0.2) is 0 Å². The Bertz CT molecular complexity index is 886. The zero-order valence-corrected chi connectivity index (χ0v) is 16.2. The molecule has 1 fully saturated rings. The maximum Gasteiger partial charge on any atom is 0.228 e. The van der Waals surface area contributed by atoms with Gasteiger partial charge in [-0.25, -0.2) is 0 Å². The van der Waals surface area contributed by atoms with Gasteiger partial charge in [-0.05, 0) is 24.1 Å². The van der Waals surface area contributed by atoms with Crippen LogP contribution >= 0.6 is 0 Å². The van der Waals surface area contributed by atoms with Gasteiger partial charge in [0.2, 0.25) is 11.8 Å². The Labute approximate surface area is 159 Å². The Morgan fingerprint density at radius 3 is 2.93 bits per heavy atom. The largest absolute Gasteiger partial charge is 0.497 e. The van der Waals surface area contributed by atoms with Crippen LogP contribution in [0.2, 0.25) is 0 Å². The molecule has 27 heavy (non-hydrogen) atoms. The quantitative estimate of drug-likeness (QED) is 0.901. The molecule has 144 valence electrons. The number of H-pyrrole nitrogens is 1. The molecule has 3 heterocycles. The van der Waals surface area contributed by atoms with Crippen LogP contribution in [0.15, 0.2) is 18.2 Å². The first-order valence-corrected chi connectivity index (χ1v) is 9.70. The summed E-state index contributed by atoms with van der Waals surface area (Å²) in [6.07, 6.45) is 1.16. The summed E-state index contributed by atoms with van der Waals surface area (Å²) in [4.78, 5) is 32.6. The van der Waals surface area contributed by atoms with Crippen molar-refractivity contribution in [2.45, 2.75) is 33.2 Å². The highest BCUT2D eigenvalue weighted by Gasteiger charge is 2.37. The number of aromatic amines is 1. The molecule has 0 spiro atoms. The van der Waals surface area contributed by atoms with Gasteiger partial charge in [-0.3, -0.25) is 9.59 Å². The second kappa shape index (κ2) is 6.91. The van der Waals surface area contributed by atoms with Crippen LogP contribution in [0.5, 0.6) is 5.75 Å². The minimum atomic E-state index is -0.211. The van der Waals surface area contributed by atoms with Gasteiger partial charge < -0.3 is 19.5 Å². The van der Waals surface area contributed by atoms with Gasteiger partial charge in [-0.1, -0.05) is 13.8 Å². The molecule has 1 N–H and O–H groups in total. The van der Waals surface area contributed by atoms with Crippen LogP contribution in [-0.2, 0) is 22.6 Å². The van der Waals surface area contributed by atoms with E-state index in [1.807, 2.05) is 28.0 Å². The minimum absolute atomic E-state index is 0.108. The van der Waals surface area contributed by atoms with Crippen molar-refractivity contribution in [2.24, 2.45) is 11.8 Å². The Kier molecular flexibility index (Phi) is 4.58. The molecular weight excluding hydrogens is 342 g/mol. The first kappa shape index (κ1) is 17.9. The number of amides is 2. The fraction of sp³-hybridized carbons (Fsp3) is 0.524. The first-order valence-electron chi connectivity index (χ1n) is 9.70. The molecule has 1 aromatic heterocycles. The van der Waals surface area contributed by atoms with Crippen LogP contribution in [0.3, 0.4) is 0 Å². The number of carbonyl (C=O) groups excluding carboxylic acids is 2. The lowest BCUT2D eigenvalue weighted by Gasteiger charge is -2.29. The Morgan fingerprint density at radius 2 is 2.19 bits per heavy atom. The predicted octanol–water partition coefficient (Wildman–Crippen LogP) is 2.57. The number of ether oxygens (including phenoxy) is 1. The smallest absolute Gasteiger partial charge is 0.228 e. The van der Waals surface area contributed by atoms with Crippen molar-refractivity contribution in [2.75, 3.05) is 26.7 Å². The average Bonchev–Trinajstić information content (AvgIpc) is 3.20.